The molecule has 0 spiro atoms. The number of carbonyl (C=O) groups is 1. The predicted molar refractivity (Wildman–Crippen MR) is 160 cm³/mol. The van der Waals surface area contributed by atoms with Crippen molar-refractivity contribution in [1.82, 2.24) is 40.0 Å². The number of rotatable bonds is 10. The first-order chi connectivity index (χ1) is 23.1. The molecule has 1 aromatic carbocycles. The van der Waals surface area contributed by atoms with E-state index in [1.807, 2.05) is 0 Å². The zero-order valence-corrected chi connectivity index (χ0v) is 26.3. The second-order valence-corrected chi connectivity index (χ2v) is 12.7. The molecule has 0 saturated carbocycles. The smallest absolute Gasteiger partial charge is 0.194 e. The van der Waals surface area contributed by atoms with Crippen LogP contribution in [0.25, 0.3) is 22.8 Å². The van der Waals surface area contributed by atoms with Gasteiger partial charge in [-0.25, -0.2) is 32.5 Å². The highest BCUT2D eigenvalue weighted by Crippen LogP contribution is 2.41. The van der Waals surface area contributed by atoms with Crippen LogP contribution in [0.1, 0.15) is 24.7 Å². The van der Waals surface area contributed by atoms with Gasteiger partial charge in [0.2, 0.25) is 0 Å². The van der Waals surface area contributed by atoms with E-state index in [1.54, 1.807) is 12.3 Å². The molecule has 2 aliphatic heterocycles. The Labute approximate surface area is 275 Å². The van der Waals surface area contributed by atoms with Crippen molar-refractivity contribution >= 4 is 17.5 Å². The average Bonchev–Trinajstić information content (AvgIpc) is 3.76. The Morgan fingerprint density at radius 3 is 2.48 bits per heavy atom. The summed E-state index contributed by atoms with van der Waals surface area (Å²) in [5.74, 6) is -4.22. The number of methoxy groups -OCH3 is 1. The zero-order chi connectivity index (χ0) is 34.1. The van der Waals surface area contributed by atoms with Crippen LogP contribution < -0.4 is 0 Å². The highest BCUT2D eigenvalue weighted by Gasteiger charge is 2.49. The van der Waals surface area contributed by atoms with Crippen molar-refractivity contribution in [3.8, 4) is 22.8 Å². The first kappa shape index (κ1) is 34.0. The molecule has 6 rings (SSSR count). The molecule has 19 heteroatoms. The standard InChI is InChI=1S/C29H31F3N8O7S/c1-13(42)5-15-3-4-33-28(34-15)19-9-39(37-36-19)20-11-46-12-22(25(20)43)48-29-27(45-2)24(26(44)21(10-41)47-29)40-8-18(35-38-40)14-6-16(30)23(32)17(31)7-14/h3-4,6-9,20-22,24-27,29,41,43-44H,5,10-12H2,1-2H3. The number of halogens is 3. The fraction of sp³-hybridized carbons (Fsp3) is 0.483. The minimum absolute atomic E-state index is 0.00628. The Morgan fingerprint density at radius 2 is 1.77 bits per heavy atom. The molecule has 2 saturated heterocycles. The van der Waals surface area contributed by atoms with Crippen LogP contribution in [0, 0.1) is 17.5 Å². The number of hydrogen-bond acceptors (Lipinski definition) is 14. The minimum Gasteiger partial charge on any atom is -0.394 e. The van der Waals surface area contributed by atoms with E-state index in [9.17, 15) is 33.3 Å². The number of ether oxygens (including phenoxy) is 3. The maximum absolute atomic E-state index is 13.9. The molecule has 4 aromatic rings. The quantitative estimate of drug-likeness (QED) is 0.199. The number of benzene rings is 1. The summed E-state index contributed by atoms with van der Waals surface area (Å²) < 4.78 is 61.6. The largest absolute Gasteiger partial charge is 0.394 e. The van der Waals surface area contributed by atoms with Crippen molar-refractivity contribution in [2.24, 2.45) is 0 Å². The number of nitrogens with zero attached hydrogens (tertiary/aromatic N) is 8. The summed E-state index contributed by atoms with van der Waals surface area (Å²) in [6.07, 6.45) is 0.0982. The number of ketones is 1. The van der Waals surface area contributed by atoms with E-state index < -0.39 is 71.2 Å². The highest BCUT2D eigenvalue weighted by molar-refractivity contribution is 8.00. The van der Waals surface area contributed by atoms with E-state index in [0.29, 0.717) is 11.4 Å². The summed E-state index contributed by atoms with van der Waals surface area (Å²) in [6.45, 7) is 1.11. The van der Waals surface area contributed by atoms with Gasteiger partial charge in [0.25, 0.3) is 0 Å². The first-order valence-corrected chi connectivity index (χ1v) is 15.7. The highest BCUT2D eigenvalue weighted by atomic mass is 32.2. The molecule has 3 N–H and O–H groups in total. The van der Waals surface area contributed by atoms with Crippen molar-refractivity contribution in [2.45, 2.75) is 60.5 Å². The number of aromatic nitrogens is 8. The fourth-order valence-electron chi connectivity index (χ4n) is 5.67. The monoisotopic (exact) mass is 692 g/mol. The van der Waals surface area contributed by atoms with Crippen LogP contribution in [0.3, 0.4) is 0 Å². The average molecular weight is 693 g/mol. The van der Waals surface area contributed by atoms with Crippen LogP contribution >= 0.6 is 11.8 Å². The van der Waals surface area contributed by atoms with E-state index in [2.05, 4.69) is 30.6 Å². The lowest BCUT2D eigenvalue weighted by Crippen LogP contribution is -2.56. The molecular weight excluding hydrogens is 661 g/mol. The van der Waals surface area contributed by atoms with Gasteiger partial charge in [0.15, 0.2) is 23.3 Å². The van der Waals surface area contributed by atoms with Crippen LogP contribution in [0.2, 0.25) is 0 Å². The normalized spacial score (nSPS) is 27.7. The molecule has 0 bridgehead atoms. The zero-order valence-electron chi connectivity index (χ0n) is 25.5. The van der Waals surface area contributed by atoms with E-state index in [4.69, 9.17) is 14.2 Å². The molecule has 8 atom stereocenters. The van der Waals surface area contributed by atoms with Crippen molar-refractivity contribution in [3.63, 3.8) is 0 Å². The van der Waals surface area contributed by atoms with Gasteiger partial charge in [0.1, 0.15) is 53.0 Å². The first-order valence-electron chi connectivity index (χ1n) is 14.8. The Morgan fingerprint density at radius 1 is 1.06 bits per heavy atom. The molecular formula is C29H31F3N8O7S. The van der Waals surface area contributed by atoms with E-state index >= 15 is 0 Å². The van der Waals surface area contributed by atoms with Crippen molar-refractivity contribution in [3.05, 3.63) is 59.9 Å². The van der Waals surface area contributed by atoms with Gasteiger partial charge in [-0.2, -0.15) is 0 Å². The van der Waals surface area contributed by atoms with Gasteiger partial charge in [-0.15, -0.1) is 22.0 Å². The molecule has 3 aromatic heterocycles. The third-order valence-corrected chi connectivity index (χ3v) is 9.48. The Balaban J connectivity index is 1.21. The molecule has 48 heavy (non-hydrogen) atoms. The van der Waals surface area contributed by atoms with Crippen LogP contribution in [0.4, 0.5) is 13.2 Å². The molecule has 0 radical (unpaired) electrons. The van der Waals surface area contributed by atoms with Crippen LogP contribution in [0.5, 0.6) is 0 Å². The molecule has 15 nitrogen and oxygen atoms in total. The second-order valence-electron chi connectivity index (χ2n) is 11.3. The van der Waals surface area contributed by atoms with Gasteiger partial charge in [0.05, 0.1) is 49.3 Å². The number of hydrogen-bond donors (Lipinski definition) is 3. The maximum Gasteiger partial charge on any atom is 0.194 e. The molecule has 8 unspecified atom stereocenters. The second kappa shape index (κ2) is 14.3. The van der Waals surface area contributed by atoms with Crippen molar-refractivity contribution in [1.29, 1.82) is 0 Å². The topological polar surface area (TPSA) is 193 Å². The lowest BCUT2D eigenvalue weighted by Gasteiger charge is -2.45. The van der Waals surface area contributed by atoms with Gasteiger partial charge in [-0.05, 0) is 25.1 Å². The summed E-state index contributed by atoms with van der Waals surface area (Å²) in [6, 6.07) is 1.49. The molecule has 0 aliphatic carbocycles. The minimum atomic E-state index is -1.62. The molecule has 256 valence electrons. The molecule has 2 aliphatic rings. The van der Waals surface area contributed by atoms with Crippen LogP contribution in [0.15, 0.2) is 36.8 Å². The van der Waals surface area contributed by atoms with Crippen molar-refractivity contribution in [2.75, 3.05) is 26.9 Å². The Hall–Kier alpha value is -3.85. The van der Waals surface area contributed by atoms with E-state index in [-0.39, 0.29) is 42.5 Å². The number of aliphatic hydroxyl groups excluding tert-OH is 3. The molecule has 5 heterocycles. The SMILES string of the molecule is COC1C(SC2COCC(n3cc(-c4nccc(CC(C)=O)n4)nn3)C2O)OC(CO)C(O)C1n1cc(-c2cc(F)c(F)c(F)c2)nn1. The predicted octanol–water partition coefficient (Wildman–Crippen LogP) is 0.911. The summed E-state index contributed by atoms with van der Waals surface area (Å²) in [5, 5.41) is 48.4. The third kappa shape index (κ3) is 6.84. The number of carbonyl (C=O) groups excluding carboxylic acids is 1. The maximum atomic E-state index is 13.9. The van der Waals surface area contributed by atoms with Gasteiger partial charge >= 0.3 is 0 Å². The molecule has 2 fully saturated rings. The summed E-state index contributed by atoms with van der Waals surface area (Å²) in [5.41, 5.74) is -0.117. The van der Waals surface area contributed by atoms with Gasteiger partial charge < -0.3 is 29.5 Å². The lowest BCUT2D eigenvalue weighted by atomic mass is 9.97. The van der Waals surface area contributed by atoms with Gasteiger partial charge in [-0.1, -0.05) is 10.4 Å². The summed E-state index contributed by atoms with van der Waals surface area (Å²) >= 11 is 1.15. The fourth-order valence-corrected chi connectivity index (χ4v) is 7.17. The van der Waals surface area contributed by atoms with E-state index in [1.165, 1.54) is 35.8 Å². The third-order valence-electron chi connectivity index (χ3n) is 8.07. The molecule has 0 amide bonds. The number of Topliss-reactive ketones (excluding diaryl/α,β-unsaturated/α-hetero) is 1. The number of thioether (sulfide) groups is 1. The van der Waals surface area contributed by atoms with Gasteiger partial charge in [0, 0.05) is 25.3 Å². The Bertz CT molecular complexity index is 1740. The van der Waals surface area contributed by atoms with Crippen molar-refractivity contribution < 1.29 is 47.5 Å². The van der Waals surface area contributed by atoms with Gasteiger partial charge in [-0.3, -0.25) is 4.79 Å². The lowest BCUT2D eigenvalue weighted by molar-refractivity contribution is -0.186. The summed E-state index contributed by atoms with van der Waals surface area (Å²) in [4.78, 5) is 20.1. The summed E-state index contributed by atoms with van der Waals surface area (Å²) in [7, 11) is 1.38. The van der Waals surface area contributed by atoms with Crippen LogP contribution in [-0.4, -0.2) is 123 Å². The van der Waals surface area contributed by atoms with E-state index in [0.717, 1.165) is 23.9 Å². The number of aliphatic hydroxyl groups is 3. The Kier molecular flexibility index (Phi) is 10.2. The van der Waals surface area contributed by atoms with Crippen LogP contribution in [-0.2, 0) is 25.4 Å².